The summed E-state index contributed by atoms with van der Waals surface area (Å²) in [4.78, 5) is 15.2. The third-order valence-corrected chi connectivity index (χ3v) is 21.9. The molecule has 17 rings (SSSR count). The van der Waals surface area contributed by atoms with Crippen molar-refractivity contribution in [1.29, 1.82) is 0 Å². The van der Waals surface area contributed by atoms with Crippen molar-refractivity contribution in [3.05, 3.63) is 405 Å². The monoisotopic (exact) mass is 1480 g/mol. The molecule has 6 heteroatoms. The number of hydrogen-bond acceptors (Lipinski definition) is 3. The van der Waals surface area contributed by atoms with Crippen LogP contribution >= 0.6 is 0 Å². The molecule has 0 saturated heterocycles. The number of nitrogens with zero attached hydrogens (tertiary/aromatic N) is 3. The van der Waals surface area contributed by atoms with Crippen LogP contribution in [0.2, 0.25) is 0 Å². The summed E-state index contributed by atoms with van der Waals surface area (Å²) in [7, 11) is 0. The molecule has 14 aromatic carbocycles. The minimum Gasteiger partial charge on any atom is -0.256 e. The number of hydrogen-bond donors (Lipinski definition) is 0. The van der Waals surface area contributed by atoms with E-state index in [2.05, 4.69) is 303 Å². The van der Waals surface area contributed by atoms with E-state index in [0.29, 0.717) is 0 Å². The number of pyridine rings is 3. The Morgan fingerprint density at radius 2 is 0.474 bits per heavy atom. The van der Waals surface area contributed by atoms with Crippen LogP contribution in [0.5, 0.6) is 0 Å². The van der Waals surface area contributed by atoms with E-state index in [-0.39, 0.29) is 28.3 Å². The molecule has 0 radical (unpaired) electrons. The Balaban J connectivity index is 0.900. The van der Waals surface area contributed by atoms with Crippen molar-refractivity contribution in [3.63, 3.8) is 0 Å². The molecule has 0 amide bonds. The molecular formula is C108H82F3N3. The fourth-order valence-electron chi connectivity index (χ4n) is 15.9. The van der Waals surface area contributed by atoms with E-state index in [1.54, 1.807) is 36.4 Å². The number of rotatable bonds is 16. The Kier molecular flexibility index (Phi) is 19.8. The zero-order valence-electron chi connectivity index (χ0n) is 64.7. The van der Waals surface area contributed by atoms with Crippen LogP contribution in [0.15, 0.2) is 370 Å². The Hall–Kier alpha value is -13.7. The first kappa shape index (κ1) is 73.1. The van der Waals surface area contributed by atoms with Crippen molar-refractivity contribution in [1.82, 2.24) is 15.0 Å². The van der Waals surface area contributed by atoms with Crippen molar-refractivity contribution >= 4 is 0 Å². The van der Waals surface area contributed by atoms with Gasteiger partial charge in [0, 0.05) is 40.8 Å². The van der Waals surface area contributed by atoms with E-state index in [1.807, 2.05) is 61.1 Å². The molecule has 0 unspecified atom stereocenters. The van der Waals surface area contributed by atoms with Crippen molar-refractivity contribution < 1.29 is 13.2 Å². The van der Waals surface area contributed by atoms with Gasteiger partial charge in [-0.15, -0.1) is 0 Å². The van der Waals surface area contributed by atoms with Gasteiger partial charge in [0.1, 0.15) is 17.5 Å². The largest absolute Gasteiger partial charge is 0.256 e. The molecule has 0 aliphatic carbocycles. The smallest absolute Gasteiger partial charge is 0.123 e. The summed E-state index contributed by atoms with van der Waals surface area (Å²) in [5.74, 6) is -0.901. The predicted molar refractivity (Wildman–Crippen MR) is 469 cm³/mol. The van der Waals surface area contributed by atoms with Crippen LogP contribution < -0.4 is 0 Å². The Morgan fingerprint density at radius 3 is 0.807 bits per heavy atom. The molecule has 114 heavy (non-hydrogen) atoms. The third kappa shape index (κ3) is 15.2. The third-order valence-electron chi connectivity index (χ3n) is 21.9. The Labute approximate surface area is 666 Å². The zero-order chi connectivity index (χ0) is 78.2. The molecule has 3 aromatic heterocycles. The summed E-state index contributed by atoms with van der Waals surface area (Å²) in [6, 6.07) is 120. The minimum absolute atomic E-state index is 0.119. The van der Waals surface area contributed by atoms with Gasteiger partial charge in [0.2, 0.25) is 0 Å². The molecule has 0 bridgehead atoms. The van der Waals surface area contributed by atoms with Crippen molar-refractivity contribution in [2.24, 2.45) is 0 Å². The fraction of sp³-hybridized carbons (Fsp3) is 0.0833. The number of benzene rings is 14. The van der Waals surface area contributed by atoms with Crippen LogP contribution in [0, 0.1) is 24.4 Å². The van der Waals surface area contributed by atoms with Crippen molar-refractivity contribution in [2.75, 3.05) is 0 Å². The molecule has 0 N–H and O–H groups in total. The average molecular weight is 1480 g/mol. The summed E-state index contributed by atoms with van der Waals surface area (Å²) >= 11 is 0. The topological polar surface area (TPSA) is 38.7 Å². The van der Waals surface area contributed by atoms with Crippen LogP contribution in [0.1, 0.15) is 58.2 Å². The molecule has 0 aliphatic heterocycles. The highest BCUT2D eigenvalue weighted by Crippen LogP contribution is 2.49. The molecule has 3 heterocycles. The van der Waals surface area contributed by atoms with E-state index in [9.17, 15) is 0 Å². The summed E-state index contributed by atoms with van der Waals surface area (Å²) < 4.78 is 45.5. The predicted octanol–water partition coefficient (Wildman–Crippen LogP) is 29.9. The van der Waals surface area contributed by atoms with Gasteiger partial charge in [-0.1, -0.05) is 272 Å². The normalized spacial score (nSPS) is 11.6. The second kappa shape index (κ2) is 30.9. The standard InChI is InChI=1S/C108H82F3N3/c1-69-53-104(114-68-103(69)70-23-9-8-10-24-70)80-43-46-97(100(63-80)77-31-17-25-71(54-77)74-28-20-34-88(109)60-74)94-40-14-11-37-91(94)83-57-84(92-38-12-15-41-95(92)98-47-44-81(105-66-86(49-51-112-105)107(2,3)4)64-101(98)78-32-18-26-72(55-78)75-29-21-35-89(110)61-75)59-85(58-83)93-39-13-16-42-96(93)99-48-45-82(106-67-87(50-52-113-106)108(5,6)7)65-102(99)79-33-19-27-73(56-79)76-30-22-36-90(111)62-76/h8-68H,1-7H3. The van der Waals surface area contributed by atoms with Crippen LogP contribution in [0.3, 0.4) is 0 Å². The molecule has 550 valence electrons. The summed E-state index contributed by atoms with van der Waals surface area (Å²) in [5.41, 5.74) is 33.7. The lowest BCUT2D eigenvalue weighted by Crippen LogP contribution is -2.11. The van der Waals surface area contributed by atoms with Gasteiger partial charge in [-0.2, -0.15) is 0 Å². The van der Waals surface area contributed by atoms with E-state index in [4.69, 9.17) is 15.0 Å². The lowest BCUT2D eigenvalue weighted by atomic mass is 9.83. The van der Waals surface area contributed by atoms with E-state index in [1.165, 1.54) is 29.3 Å². The van der Waals surface area contributed by atoms with E-state index >= 15 is 13.2 Å². The fourth-order valence-corrected chi connectivity index (χ4v) is 15.9. The van der Waals surface area contributed by atoms with Crippen LogP contribution in [0.25, 0.3) is 178 Å². The number of aryl methyl sites for hydroxylation is 1. The molecule has 17 aromatic rings. The van der Waals surface area contributed by atoms with Crippen molar-refractivity contribution in [3.8, 4) is 178 Å². The number of aromatic nitrogens is 3. The van der Waals surface area contributed by atoms with Crippen LogP contribution in [-0.2, 0) is 10.8 Å². The van der Waals surface area contributed by atoms with E-state index < -0.39 is 0 Å². The summed E-state index contributed by atoms with van der Waals surface area (Å²) in [5, 5.41) is 0. The van der Waals surface area contributed by atoms with Gasteiger partial charge < -0.3 is 0 Å². The molecule has 0 atom stereocenters. The van der Waals surface area contributed by atoms with Gasteiger partial charge in [0.15, 0.2) is 0 Å². The van der Waals surface area contributed by atoms with Crippen LogP contribution in [-0.4, -0.2) is 15.0 Å². The van der Waals surface area contributed by atoms with Gasteiger partial charge in [0.25, 0.3) is 0 Å². The highest BCUT2D eigenvalue weighted by Gasteiger charge is 2.25. The van der Waals surface area contributed by atoms with Gasteiger partial charge in [-0.25, -0.2) is 13.2 Å². The van der Waals surface area contributed by atoms with Crippen molar-refractivity contribution in [2.45, 2.75) is 59.3 Å². The quantitative estimate of drug-likeness (QED) is 0.0968. The second-order valence-electron chi connectivity index (χ2n) is 31.6. The molecular weight excluding hydrogens is 1400 g/mol. The summed E-state index contributed by atoms with van der Waals surface area (Å²) in [6.07, 6.45) is 5.79. The second-order valence-corrected chi connectivity index (χ2v) is 31.6. The van der Waals surface area contributed by atoms with Crippen LogP contribution in [0.4, 0.5) is 13.2 Å². The lowest BCUT2D eigenvalue weighted by molar-refractivity contribution is 0.589. The van der Waals surface area contributed by atoms with Gasteiger partial charge in [0.05, 0.1) is 17.1 Å². The zero-order valence-corrected chi connectivity index (χ0v) is 64.7. The van der Waals surface area contributed by atoms with Gasteiger partial charge in [-0.3, -0.25) is 15.0 Å². The average Bonchev–Trinajstić information content (AvgIpc) is 0.750. The molecule has 0 fully saturated rings. The Morgan fingerprint density at radius 1 is 0.193 bits per heavy atom. The highest BCUT2D eigenvalue weighted by molar-refractivity contribution is 6.01. The maximum absolute atomic E-state index is 15.2. The summed E-state index contributed by atoms with van der Waals surface area (Å²) in [6.45, 7) is 15.5. The molecule has 0 aliphatic rings. The molecule has 0 spiro atoms. The van der Waals surface area contributed by atoms with Gasteiger partial charge >= 0.3 is 0 Å². The lowest BCUT2D eigenvalue weighted by Gasteiger charge is -2.21. The first-order chi connectivity index (χ1) is 55.4. The first-order valence-electron chi connectivity index (χ1n) is 38.8. The first-order valence-corrected chi connectivity index (χ1v) is 38.8. The maximum atomic E-state index is 15.2. The SMILES string of the molecule is Cc1cc(-c2ccc(-c3ccccc3-c3cc(-c4ccccc4-c4ccc(-c5cc(C(C)(C)C)ccn5)cc4-c4cccc(-c5cccc(F)c5)c4)cc(-c4ccccc4-c4ccc(-c5cc(C(C)(C)C)ccn5)cc4-c4cccc(-c5cccc(F)c5)c4)c3)c(-c3cccc(-c4cccc(F)c4)c3)c2)ncc1-c1ccccc1. The molecule has 0 saturated carbocycles. The molecule has 3 nitrogen and oxygen atoms in total. The Bertz CT molecular complexity index is 6260. The highest BCUT2D eigenvalue weighted by atomic mass is 19.1. The van der Waals surface area contributed by atoms with Gasteiger partial charge in [-0.05, 0) is 295 Å². The number of halogens is 3. The minimum atomic E-state index is -0.302. The van der Waals surface area contributed by atoms with E-state index in [0.717, 1.165) is 184 Å². The maximum Gasteiger partial charge on any atom is 0.123 e.